The third-order valence-electron chi connectivity index (χ3n) is 4.51. The van der Waals surface area contributed by atoms with Gasteiger partial charge in [-0.25, -0.2) is 0 Å². The van der Waals surface area contributed by atoms with Gasteiger partial charge in [-0.3, -0.25) is 9.59 Å². The van der Waals surface area contributed by atoms with Crippen LogP contribution < -0.4 is 10.6 Å². The summed E-state index contributed by atoms with van der Waals surface area (Å²) in [5, 5.41) is 5.93. The summed E-state index contributed by atoms with van der Waals surface area (Å²) >= 11 is 0. The summed E-state index contributed by atoms with van der Waals surface area (Å²) in [6.45, 7) is 5.91. The molecule has 122 valence electrons. The number of amides is 2. The van der Waals surface area contributed by atoms with E-state index in [0.717, 1.165) is 13.0 Å². The van der Waals surface area contributed by atoms with Gasteiger partial charge in [-0.15, -0.1) is 0 Å². The highest BCUT2D eigenvalue weighted by molar-refractivity contribution is 5.83. The lowest BCUT2D eigenvalue weighted by molar-refractivity contribution is -0.127. The topological polar surface area (TPSA) is 61.4 Å². The number of carbonyl (C=O) groups is 2. The van der Waals surface area contributed by atoms with Crippen LogP contribution in [0.2, 0.25) is 0 Å². The zero-order valence-electron chi connectivity index (χ0n) is 13.9. The lowest BCUT2D eigenvalue weighted by Gasteiger charge is -2.34. The van der Waals surface area contributed by atoms with Crippen LogP contribution in [0.3, 0.4) is 0 Å². The molecule has 21 heavy (non-hydrogen) atoms. The Kier molecular flexibility index (Phi) is 7.72. The molecule has 2 N–H and O–H groups in total. The fraction of sp³-hybridized carbons (Fsp3) is 0.875. The Hall–Kier alpha value is -1.10. The number of hydrogen-bond donors (Lipinski definition) is 2. The van der Waals surface area contributed by atoms with Crippen LogP contribution in [-0.4, -0.2) is 49.9 Å². The molecule has 0 spiro atoms. The van der Waals surface area contributed by atoms with Crippen LogP contribution in [0.15, 0.2) is 0 Å². The van der Waals surface area contributed by atoms with Crippen molar-refractivity contribution in [3.8, 4) is 0 Å². The SMILES string of the molecule is CC1CCCC(NC(=O)CCC(=O)NCCN(C)C)C1C. The highest BCUT2D eigenvalue weighted by atomic mass is 16.2. The molecule has 5 nitrogen and oxygen atoms in total. The molecule has 3 unspecified atom stereocenters. The van der Waals surface area contributed by atoms with E-state index in [1.165, 1.54) is 12.8 Å². The van der Waals surface area contributed by atoms with E-state index in [1.807, 2.05) is 19.0 Å². The molecular formula is C16H31N3O2. The monoisotopic (exact) mass is 297 g/mol. The van der Waals surface area contributed by atoms with Crippen LogP contribution >= 0.6 is 0 Å². The molecule has 5 heteroatoms. The standard InChI is InChI=1S/C16H31N3O2/c1-12-6-5-7-14(13(12)2)18-16(21)9-8-15(20)17-10-11-19(3)4/h12-14H,5-11H2,1-4H3,(H,17,20)(H,18,21). The number of nitrogens with zero attached hydrogens (tertiary/aromatic N) is 1. The fourth-order valence-corrected chi connectivity index (χ4v) is 2.80. The van der Waals surface area contributed by atoms with Crippen molar-refractivity contribution in [1.82, 2.24) is 15.5 Å². The molecule has 1 aliphatic carbocycles. The van der Waals surface area contributed by atoms with Gasteiger partial charge in [0.2, 0.25) is 11.8 Å². The van der Waals surface area contributed by atoms with E-state index >= 15 is 0 Å². The number of nitrogens with one attached hydrogen (secondary N) is 2. The highest BCUT2D eigenvalue weighted by Crippen LogP contribution is 2.29. The largest absolute Gasteiger partial charge is 0.355 e. The number of hydrogen-bond acceptors (Lipinski definition) is 3. The number of carbonyl (C=O) groups excluding carboxylic acids is 2. The summed E-state index contributed by atoms with van der Waals surface area (Å²) in [6, 6.07) is 0.276. The molecule has 0 saturated heterocycles. The van der Waals surface area contributed by atoms with Gasteiger partial charge in [0.05, 0.1) is 0 Å². The summed E-state index contributed by atoms with van der Waals surface area (Å²) in [5.74, 6) is 1.15. The quantitative estimate of drug-likeness (QED) is 0.746. The summed E-state index contributed by atoms with van der Waals surface area (Å²) < 4.78 is 0. The van der Waals surface area contributed by atoms with Crippen LogP contribution in [-0.2, 0) is 9.59 Å². The Morgan fingerprint density at radius 1 is 1.10 bits per heavy atom. The minimum absolute atomic E-state index is 0.00343. The van der Waals surface area contributed by atoms with Crippen LogP contribution in [0, 0.1) is 11.8 Å². The fourth-order valence-electron chi connectivity index (χ4n) is 2.80. The number of likely N-dealkylation sites (N-methyl/N-ethyl adjacent to an activating group) is 1. The maximum atomic E-state index is 12.0. The predicted molar refractivity (Wildman–Crippen MR) is 84.9 cm³/mol. The Bertz CT molecular complexity index is 344. The Balaban J connectivity index is 2.20. The predicted octanol–water partition coefficient (Wildman–Crippen LogP) is 1.39. The molecule has 1 aliphatic rings. The van der Waals surface area contributed by atoms with E-state index in [9.17, 15) is 9.59 Å². The van der Waals surface area contributed by atoms with Crippen LogP contribution in [0.4, 0.5) is 0 Å². The molecule has 0 radical (unpaired) electrons. The van der Waals surface area contributed by atoms with E-state index in [2.05, 4.69) is 24.5 Å². The van der Waals surface area contributed by atoms with E-state index in [-0.39, 0.29) is 30.7 Å². The Morgan fingerprint density at radius 2 is 1.76 bits per heavy atom. The Morgan fingerprint density at radius 3 is 2.43 bits per heavy atom. The second-order valence-electron chi connectivity index (χ2n) is 6.59. The second kappa shape index (κ2) is 9.03. The summed E-state index contributed by atoms with van der Waals surface area (Å²) in [6.07, 6.45) is 4.05. The maximum Gasteiger partial charge on any atom is 0.220 e. The number of rotatable bonds is 7. The van der Waals surface area contributed by atoms with Crippen LogP contribution in [0.1, 0.15) is 46.0 Å². The highest BCUT2D eigenvalue weighted by Gasteiger charge is 2.27. The van der Waals surface area contributed by atoms with Gasteiger partial charge in [-0.05, 0) is 32.4 Å². The average molecular weight is 297 g/mol. The molecule has 1 rings (SSSR count). The molecule has 0 aromatic carbocycles. The molecular weight excluding hydrogens is 266 g/mol. The molecule has 1 saturated carbocycles. The second-order valence-corrected chi connectivity index (χ2v) is 6.59. The van der Waals surface area contributed by atoms with E-state index < -0.39 is 0 Å². The van der Waals surface area contributed by atoms with E-state index in [1.54, 1.807) is 0 Å². The summed E-state index contributed by atoms with van der Waals surface area (Å²) in [4.78, 5) is 25.6. The lowest BCUT2D eigenvalue weighted by Crippen LogP contribution is -2.44. The minimum Gasteiger partial charge on any atom is -0.355 e. The van der Waals surface area contributed by atoms with Crippen molar-refractivity contribution in [3.05, 3.63) is 0 Å². The van der Waals surface area contributed by atoms with Crippen molar-refractivity contribution in [2.75, 3.05) is 27.2 Å². The average Bonchev–Trinajstić information content (AvgIpc) is 2.41. The first-order valence-electron chi connectivity index (χ1n) is 8.11. The van der Waals surface area contributed by atoms with Crippen molar-refractivity contribution < 1.29 is 9.59 Å². The zero-order chi connectivity index (χ0) is 15.8. The van der Waals surface area contributed by atoms with E-state index in [4.69, 9.17) is 0 Å². The third kappa shape index (κ3) is 6.93. The molecule has 0 aromatic heterocycles. The maximum absolute atomic E-state index is 12.0. The molecule has 1 fully saturated rings. The normalized spacial score (nSPS) is 25.7. The first kappa shape index (κ1) is 18.0. The smallest absolute Gasteiger partial charge is 0.220 e. The first-order chi connectivity index (χ1) is 9.90. The molecule has 0 aromatic rings. The van der Waals surface area contributed by atoms with Gasteiger partial charge < -0.3 is 15.5 Å². The van der Waals surface area contributed by atoms with Gasteiger partial charge in [0.1, 0.15) is 0 Å². The van der Waals surface area contributed by atoms with Gasteiger partial charge in [0.25, 0.3) is 0 Å². The summed E-state index contributed by atoms with van der Waals surface area (Å²) in [5.41, 5.74) is 0. The molecule has 3 atom stereocenters. The van der Waals surface area contributed by atoms with Crippen molar-refractivity contribution in [1.29, 1.82) is 0 Å². The third-order valence-corrected chi connectivity index (χ3v) is 4.51. The van der Waals surface area contributed by atoms with Gasteiger partial charge in [-0.1, -0.05) is 26.7 Å². The van der Waals surface area contributed by atoms with Crippen molar-refractivity contribution in [3.63, 3.8) is 0 Å². The van der Waals surface area contributed by atoms with Gasteiger partial charge >= 0.3 is 0 Å². The van der Waals surface area contributed by atoms with Crippen LogP contribution in [0.5, 0.6) is 0 Å². The summed E-state index contributed by atoms with van der Waals surface area (Å²) in [7, 11) is 3.93. The van der Waals surface area contributed by atoms with Crippen molar-refractivity contribution in [2.45, 2.75) is 52.0 Å². The van der Waals surface area contributed by atoms with Gasteiger partial charge in [0.15, 0.2) is 0 Å². The van der Waals surface area contributed by atoms with Crippen molar-refractivity contribution in [2.24, 2.45) is 11.8 Å². The van der Waals surface area contributed by atoms with Gasteiger partial charge in [0, 0.05) is 32.0 Å². The first-order valence-corrected chi connectivity index (χ1v) is 8.11. The molecule has 0 heterocycles. The molecule has 0 aliphatic heterocycles. The van der Waals surface area contributed by atoms with Crippen LogP contribution in [0.25, 0.3) is 0 Å². The Labute approximate surface area is 128 Å². The van der Waals surface area contributed by atoms with Crippen molar-refractivity contribution >= 4 is 11.8 Å². The molecule has 2 amide bonds. The van der Waals surface area contributed by atoms with Gasteiger partial charge in [-0.2, -0.15) is 0 Å². The lowest BCUT2D eigenvalue weighted by atomic mass is 9.78. The molecule has 0 bridgehead atoms. The minimum atomic E-state index is -0.0444. The van der Waals surface area contributed by atoms with E-state index in [0.29, 0.717) is 18.4 Å². The zero-order valence-corrected chi connectivity index (χ0v) is 13.9.